The lowest BCUT2D eigenvalue weighted by Gasteiger charge is -2.16. The van der Waals surface area contributed by atoms with Crippen molar-refractivity contribution in [3.63, 3.8) is 0 Å². The number of carbonyl (C=O) groups is 1. The minimum absolute atomic E-state index is 0.203. The Bertz CT molecular complexity index is 1010. The van der Waals surface area contributed by atoms with Gasteiger partial charge >= 0.3 is 0 Å². The number of allylic oxidation sites excluding steroid dienone is 1. The molecule has 0 spiro atoms. The lowest BCUT2D eigenvalue weighted by Crippen LogP contribution is -2.15. The molecular formula is C21H16F2N2O2S. The highest BCUT2D eigenvalue weighted by Gasteiger charge is 2.28. The van der Waals surface area contributed by atoms with Crippen LogP contribution in [-0.4, -0.2) is 10.9 Å². The van der Waals surface area contributed by atoms with E-state index in [0.29, 0.717) is 5.69 Å². The molecule has 7 heteroatoms. The molecule has 3 aromatic rings. The van der Waals surface area contributed by atoms with Gasteiger partial charge in [0.2, 0.25) is 0 Å². The summed E-state index contributed by atoms with van der Waals surface area (Å²) >= 11 is 1.69. The molecule has 0 aliphatic carbocycles. The molecule has 0 saturated carbocycles. The Hall–Kier alpha value is -2.93. The van der Waals surface area contributed by atoms with Crippen molar-refractivity contribution in [3.8, 4) is 0 Å². The maximum absolute atomic E-state index is 13.7. The second-order valence-electron chi connectivity index (χ2n) is 6.47. The largest absolute Gasteiger partial charge is 0.443 e. The SMILES string of the molecule is CC1C=C(c2cnco2)SC1c1ccc(NC(=O)c2c(F)cccc2F)cc1. The maximum atomic E-state index is 13.7. The first-order valence-electron chi connectivity index (χ1n) is 8.65. The van der Waals surface area contributed by atoms with E-state index in [-0.39, 0.29) is 11.2 Å². The number of amides is 1. The molecule has 2 unspecified atom stereocenters. The molecule has 0 fully saturated rings. The lowest BCUT2D eigenvalue weighted by molar-refractivity contribution is 0.101. The van der Waals surface area contributed by atoms with Crippen LogP contribution in [0.1, 0.15) is 33.9 Å². The molecule has 1 aromatic heterocycles. The predicted molar refractivity (Wildman–Crippen MR) is 105 cm³/mol. The minimum Gasteiger partial charge on any atom is -0.443 e. The van der Waals surface area contributed by atoms with Gasteiger partial charge in [0.25, 0.3) is 5.91 Å². The quantitative estimate of drug-likeness (QED) is 0.615. The van der Waals surface area contributed by atoms with Gasteiger partial charge in [-0.15, -0.1) is 11.8 Å². The summed E-state index contributed by atoms with van der Waals surface area (Å²) in [5.74, 6) is -1.57. The summed E-state index contributed by atoms with van der Waals surface area (Å²) in [7, 11) is 0. The molecule has 1 amide bonds. The van der Waals surface area contributed by atoms with Gasteiger partial charge in [0.1, 0.15) is 17.2 Å². The molecule has 0 saturated heterocycles. The number of anilines is 1. The van der Waals surface area contributed by atoms with Crippen LogP contribution in [0, 0.1) is 17.6 Å². The Labute approximate surface area is 164 Å². The normalized spacial score (nSPS) is 18.8. The van der Waals surface area contributed by atoms with Crippen LogP contribution in [0.5, 0.6) is 0 Å². The van der Waals surface area contributed by atoms with Crippen molar-refractivity contribution < 1.29 is 18.0 Å². The van der Waals surface area contributed by atoms with E-state index < -0.39 is 23.1 Å². The van der Waals surface area contributed by atoms with Gasteiger partial charge in [-0.1, -0.05) is 31.2 Å². The van der Waals surface area contributed by atoms with Crippen LogP contribution in [0.4, 0.5) is 14.5 Å². The van der Waals surface area contributed by atoms with Gasteiger partial charge in [-0.2, -0.15) is 0 Å². The van der Waals surface area contributed by atoms with E-state index in [0.717, 1.165) is 28.4 Å². The van der Waals surface area contributed by atoms with Crippen LogP contribution in [0.2, 0.25) is 0 Å². The first-order chi connectivity index (χ1) is 13.5. The van der Waals surface area contributed by atoms with Gasteiger partial charge in [0.15, 0.2) is 12.2 Å². The van der Waals surface area contributed by atoms with E-state index in [1.54, 1.807) is 30.1 Å². The molecule has 0 bridgehead atoms. The summed E-state index contributed by atoms with van der Waals surface area (Å²) in [5, 5.41) is 2.74. The third kappa shape index (κ3) is 3.57. The summed E-state index contributed by atoms with van der Waals surface area (Å²) in [6, 6.07) is 10.6. The zero-order valence-corrected chi connectivity index (χ0v) is 15.7. The fraction of sp³-hybridized carbons (Fsp3) is 0.143. The Kier molecular flexibility index (Phi) is 5.00. The molecule has 1 N–H and O–H groups in total. The highest BCUT2D eigenvalue weighted by molar-refractivity contribution is 8.08. The van der Waals surface area contributed by atoms with Gasteiger partial charge in [-0.3, -0.25) is 4.79 Å². The van der Waals surface area contributed by atoms with Gasteiger partial charge < -0.3 is 9.73 Å². The highest BCUT2D eigenvalue weighted by atomic mass is 32.2. The van der Waals surface area contributed by atoms with Gasteiger partial charge in [0.05, 0.1) is 6.20 Å². The topological polar surface area (TPSA) is 55.1 Å². The number of hydrogen-bond donors (Lipinski definition) is 1. The number of nitrogens with zero attached hydrogens (tertiary/aromatic N) is 1. The van der Waals surface area contributed by atoms with E-state index in [2.05, 4.69) is 23.3 Å². The number of benzene rings is 2. The molecule has 28 heavy (non-hydrogen) atoms. The molecule has 2 atom stereocenters. The van der Waals surface area contributed by atoms with Crippen molar-refractivity contribution in [3.05, 3.63) is 89.7 Å². The van der Waals surface area contributed by atoms with E-state index in [1.807, 2.05) is 12.1 Å². The minimum atomic E-state index is -0.892. The number of aromatic nitrogens is 1. The van der Waals surface area contributed by atoms with E-state index in [9.17, 15) is 13.6 Å². The highest BCUT2D eigenvalue weighted by Crippen LogP contribution is 2.51. The van der Waals surface area contributed by atoms with Crippen molar-refractivity contribution in [2.75, 3.05) is 5.32 Å². The molecule has 0 radical (unpaired) electrons. The molecule has 1 aliphatic heterocycles. The number of nitrogens with one attached hydrogen (secondary N) is 1. The summed E-state index contributed by atoms with van der Waals surface area (Å²) in [6.45, 7) is 2.12. The first-order valence-corrected chi connectivity index (χ1v) is 9.53. The number of thioether (sulfide) groups is 1. The van der Waals surface area contributed by atoms with E-state index >= 15 is 0 Å². The smallest absolute Gasteiger partial charge is 0.261 e. The molecular weight excluding hydrogens is 382 g/mol. The van der Waals surface area contributed by atoms with Crippen LogP contribution in [-0.2, 0) is 0 Å². The number of halogens is 2. The zero-order chi connectivity index (χ0) is 19.7. The molecule has 4 nitrogen and oxygen atoms in total. The van der Waals surface area contributed by atoms with E-state index in [1.165, 1.54) is 12.5 Å². The van der Waals surface area contributed by atoms with Crippen LogP contribution >= 0.6 is 11.8 Å². The first kappa shape index (κ1) is 18.4. The number of oxazole rings is 1. The number of carbonyl (C=O) groups excluding carboxylic acids is 1. The number of rotatable bonds is 4. The van der Waals surface area contributed by atoms with Crippen molar-refractivity contribution in [1.29, 1.82) is 0 Å². The van der Waals surface area contributed by atoms with E-state index in [4.69, 9.17) is 4.42 Å². The van der Waals surface area contributed by atoms with Gasteiger partial charge in [0, 0.05) is 15.8 Å². The molecule has 2 aromatic carbocycles. The van der Waals surface area contributed by atoms with Crippen LogP contribution in [0.3, 0.4) is 0 Å². The average molecular weight is 398 g/mol. The monoisotopic (exact) mass is 398 g/mol. The summed E-state index contributed by atoms with van der Waals surface area (Å²) in [4.78, 5) is 17.2. The molecule has 142 valence electrons. The summed E-state index contributed by atoms with van der Waals surface area (Å²) in [5.41, 5.74) is 0.959. The van der Waals surface area contributed by atoms with Crippen molar-refractivity contribution >= 4 is 28.3 Å². The Balaban J connectivity index is 1.47. The lowest BCUT2D eigenvalue weighted by atomic mass is 10.00. The van der Waals surface area contributed by atoms with Gasteiger partial charge in [-0.25, -0.2) is 13.8 Å². The molecule has 1 aliphatic rings. The fourth-order valence-electron chi connectivity index (χ4n) is 3.12. The second-order valence-corrected chi connectivity index (χ2v) is 7.65. The summed E-state index contributed by atoms with van der Waals surface area (Å²) < 4.78 is 32.9. The Morgan fingerprint density at radius 3 is 2.50 bits per heavy atom. The molecule has 4 rings (SSSR count). The standard InChI is InChI=1S/C21H16F2N2O2S/c1-12-9-18(17-10-24-11-27-17)28-20(12)13-5-7-14(8-6-13)25-21(26)19-15(22)3-2-4-16(19)23/h2-12,20H,1H3,(H,25,26). The predicted octanol–water partition coefficient (Wildman–Crippen LogP) is 5.67. The van der Waals surface area contributed by atoms with Crippen LogP contribution in [0.15, 0.2) is 65.5 Å². The second kappa shape index (κ2) is 7.59. The van der Waals surface area contributed by atoms with Crippen LogP contribution in [0.25, 0.3) is 4.91 Å². The van der Waals surface area contributed by atoms with Crippen molar-refractivity contribution in [2.45, 2.75) is 12.2 Å². The fourth-order valence-corrected chi connectivity index (χ4v) is 4.49. The average Bonchev–Trinajstić information content (AvgIpc) is 3.32. The zero-order valence-electron chi connectivity index (χ0n) is 14.9. The van der Waals surface area contributed by atoms with Crippen molar-refractivity contribution in [2.24, 2.45) is 5.92 Å². The summed E-state index contributed by atoms with van der Waals surface area (Å²) in [6.07, 6.45) is 5.24. The molecule has 2 heterocycles. The van der Waals surface area contributed by atoms with Crippen LogP contribution < -0.4 is 5.32 Å². The van der Waals surface area contributed by atoms with Gasteiger partial charge in [-0.05, 0) is 35.7 Å². The Morgan fingerprint density at radius 2 is 1.86 bits per heavy atom. The maximum Gasteiger partial charge on any atom is 0.261 e. The Morgan fingerprint density at radius 1 is 1.14 bits per heavy atom. The van der Waals surface area contributed by atoms with Crippen molar-refractivity contribution in [1.82, 2.24) is 4.98 Å². The third-order valence-corrected chi connectivity index (χ3v) is 6.05. The number of hydrogen-bond acceptors (Lipinski definition) is 4. The third-order valence-electron chi connectivity index (χ3n) is 4.51.